The third-order valence-corrected chi connectivity index (χ3v) is 6.26. The SMILES string of the molecule is CC(C)COc1cccc(C(=O)N2CCN(CCCc3nc(-c4cccs4)no3)CC2)c1. The Morgan fingerprint density at radius 3 is 2.78 bits per heavy atom. The molecule has 0 saturated carbocycles. The first-order valence-corrected chi connectivity index (χ1v) is 12.1. The molecule has 0 radical (unpaired) electrons. The number of ether oxygens (including phenoxy) is 1. The lowest BCUT2D eigenvalue weighted by Crippen LogP contribution is -2.48. The number of piperazine rings is 1. The minimum Gasteiger partial charge on any atom is -0.493 e. The lowest BCUT2D eigenvalue weighted by molar-refractivity contribution is 0.0635. The van der Waals surface area contributed by atoms with Crippen molar-refractivity contribution in [2.24, 2.45) is 5.92 Å². The summed E-state index contributed by atoms with van der Waals surface area (Å²) >= 11 is 1.61. The number of carbonyl (C=O) groups excluding carboxylic acids is 1. The fourth-order valence-electron chi connectivity index (χ4n) is 3.66. The summed E-state index contributed by atoms with van der Waals surface area (Å²) in [6, 6.07) is 11.5. The largest absolute Gasteiger partial charge is 0.493 e. The van der Waals surface area contributed by atoms with Crippen molar-refractivity contribution < 1.29 is 14.1 Å². The van der Waals surface area contributed by atoms with E-state index in [0.717, 1.165) is 56.2 Å². The van der Waals surface area contributed by atoms with Crippen LogP contribution in [0.2, 0.25) is 0 Å². The van der Waals surface area contributed by atoms with E-state index in [1.54, 1.807) is 11.3 Å². The normalized spacial score (nSPS) is 14.8. The molecule has 8 heteroatoms. The van der Waals surface area contributed by atoms with Gasteiger partial charge in [-0.25, -0.2) is 0 Å². The maximum atomic E-state index is 12.9. The van der Waals surface area contributed by atoms with Crippen molar-refractivity contribution in [2.45, 2.75) is 26.7 Å². The number of hydrogen-bond donors (Lipinski definition) is 0. The molecule has 1 fully saturated rings. The summed E-state index contributed by atoms with van der Waals surface area (Å²) in [4.78, 5) is 22.8. The van der Waals surface area contributed by atoms with Gasteiger partial charge < -0.3 is 14.2 Å². The van der Waals surface area contributed by atoms with E-state index >= 15 is 0 Å². The molecule has 0 bridgehead atoms. The molecular weight excluding hydrogens is 424 g/mol. The van der Waals surface area contributed by atoms with Crippen molar-refractivity contribution in [2.75, 3.05) is 39.3 Å². The van der Waals surface area contributed by atoms with Gasteiger partial charge in [0, 0.05) is 38.2 Å². The Bertz CT molecular complexity index is 994. The van der Waals surface area contributed by atoms with Gasteiger partial charge in [0.25, 0.3) is 5.91 Å². The molecule has 1 aliphatic rings. The number of aryl methyl sites for hydroxylation is 1. The molecule has 3 aromatic rings. The molecule has 0 unspecified atom stereocenters. The number of amides is 1. The summed E-state index contributed by atoms with van der Waals surface area (Å²) in [5.41, 5.74) is 0.692. The van der Waals surface area contributed by atoms with E-state index < -0.39 is 0 Å². The van der Waals surface area contributed by atoms with Gasteiger partial charge >= 0.3 is 0 Å². The van der Waals surface area contributed by atoms with E-state index in [0.29, 0.717) is 29.8 Å². The number of rotatable bonds is 9. The number of benzene rings is 1. The molecule has 1 saturated heterocycles. The van der Waals surface area contributed by atoms with Gasteiger partial charge in [-0.3, -0.25) is 9.69 Å². The quantitative estimate of drug-likeness (QED) is 0.482. The minimum absolute atomic E-state index is 0.0756. The molecule has 3 heterocycles. The van der Waals surface area contributed by atoms with Crippen molar-refractivity contribution in [3.63, 3.8) is 0 Å². The van der Waals surface area contributed by atoms with E-state index in [9.17, 15) is 4.79 Å². The third-order valence-electron chi connectivity index (χ3n) is 5.40. The topological polar surface area (TPSA) is 71.7 Å². The number of thiophene rings is 1. The molecule has 0 N–H and O–H groups in total. The second kappa shape index (κ2) is 10.7. The minimum atomic E-state index is 0.0756. The van der Waals surface area contributed by atoms with E-state index in [-0.39, 0.29) is 5.91 Å². The van der Waals surface area contributed by atoms with Gasteiger partial charge in [0.05, 0.1) is 11.5 Å². The zero-order valence-electron chi connectivity index (χ0n) is 18.7. The van der Waals surface area contributed by atoms with Crippen LogP contribution in [0.25, 0.3) is 10.7 Å². The maximum absolute atomic E-state index is 12.9. The Labute approximate surface area is 193 Å². The summed E-state index contributed by atoms with van der Waals surface area (Å²) in [7, 11) is 0. The van der Waals surface area contributed by atoms with Crippen LogP contribution in [0.4, 0.5) is 0 Å². The van der Waals surface area contributed by atoms with Crippen LogP contribution in [0, 0.1) is 5.92 Å². The van der Waals surface area contributed by atoms with Gasteiger partial charge in [0.2, 0.25) is 11.7 Å². The molecule has 1 amide bonds. The van der Waals surface area contributed by atoms with Gasteiger partial charge in [-0.1, -0.05) is 31.1 Å². The van der Waals surface area contributed by atoms with Crippen molar-refractivity contribution in [1.82, 2.24) is 19.9 Å². The number of carbonyl (C=O) groups is 1. The average Bonchev–Trinajstić information content (AvgIpc) is 3.50. The van der Waals surface area contributed by atoms with Gasteiger partial charge in [-0.2, -0.15) is 4.98 Å². The molecule has 2 aromatic heterocycles. The van der Waals surface area contributed by atoms with Crippen LogP contribution in [-0.2, 0) is 6.42 Å². The zero-order chi connectivity index (χ0) is 22.3. The molecule has 0 aliphatic carbocycles. The smallest absolute Gasteiger partial charge is 0.254 e. The molecule has 32 heavy (non-hydrogen) atoms. The van der Waals surface area contributed by atoms with E-state index in [4.69, 9.17) is 9.26 Å². The van der Waals surface area contributed by atoms with Crippen LogP contribution in [0.1, 0.15) is 36.5 Å². The first-order chi connectivity index (χ1) is 15.6. The van der Waals surface area contributed by atoms with E-state index in [1.165, 1.54) is 0 Å². The summed E-state index contributed by atoms with van der Waals surface area (Å²) in [6.45, 7) is 9.04. The van der Waals surface area contributed by atoms with Crippen molar-refractivity contribution in [1.29, 1.82) is 0 Å². The second-order valence-electron chi connectivity index (χ2n) is 8.46. The Morgan fingerprint density at radius 2 is 2.03 bits per heavy atom. The molecule has 0 atom stereocenters. The van der Waals surface area contributed by atoms with Gasteiger partial charge in [0.1, 0.15) is 5.75 Å². The molecule has 7 nitrogen and oxygen atoms in total. The summed E-state index contributed by atoms with van der Waals surface area (Å²) < 4.78 is 11.1. The first kappa shape index (κ1) is 22.5. The molecule has 170 valence electrons. The predicted molar refractivity (Wildman–Crippen MR) is 125 cm³/mol. The maximum Gasteiger partial charge on any atom is 0.254 e. The van der Waals surface area contributed by atoms with Gasteiger partial charge in [-0.15, -0.1) is 11.3 Å². The standard InChI is InChI=1S/C24H30N4O3S/c1-18(2)17-30-20-7-3-6-19(16-20)24(29)28-13-11-27(12-14-28)10-4-9-22-25-23(26-31-22)21-8-5-15-32-21/h3,5-8,15-16,18H,4,9-14,17H2,1-2H3. The molecule has 1 aromatic carbocycles. The van der Waals surface area contributed by atoms with Gasteiger partial charge in [0.15, 0.2) is 0 Å². The fourth-order valence-corrected chi connectivity index (χ4v) is 4.30. The van der Waals surface area contributed by atoms with Crippen LogP contribution in [0.15, 0.2) is 46.3 Å². The highest BCUT2D eigenvalue weighted by Gasteiger charge is 2.22. The van der Waals surface area contributed by atoms with Crippen LogP contribution in [0.5, 0.6) is 5.75 Å². The highest BCUT2D eigenvalue weighted by molar-refractivity contribution is 7.13. The lowest BCUT2D eigenvalue weighted by atomic mass is 10.1. The van der Waals surface area contributed by atoms with Gasteiger partial charge in [-0.05, 0) is 48.5 Å². The Hall–Kier alpha value is -2.71. The summed E-state index contributed by atoms with van der Waals surface area (Å²) in [5, 5.41) is 6.07. The Balaban J connectivity index is 1.20. The monoisotopic (exact) mass is 454 g/mol. The molecule has 0 spiro atoms. The van der Waals surface area contributed by atoms with Crippen molar-refractivity contribution >= 4 is 17.2 Å². The third kappa shape index (κ3) is 5.95. The first-order valence-electron chi connectivity index (χ1n) is 11.2. The van der Waals surface area contributed by atoms with Crippen molar-refractivity contribution in [3.05, 3.63) is 53.2 Å². The van der Waals surface area contributed by atoms with Crippen LogP contribution >= 0.6 is 11.3 Å². The highest BCUT2D eigenvalue weighted by atomic mass is 32.1. The highest BCUT2D eigenvalue weighted by Crippen LogP contribution is 2.22. The van der Waals surface area contributed by atoms with E-state index in [2.05, 4.69) is 28.9 Å². The average molecular weight is 455 g/mol. The second-order valence-corrected chi connectivity index (χ2v) is 9.41. The number of nitrogens with zero attached hydrogens (tertiary/aromatic N) is 4. The van der Waals surface area contributed by atoms with Crippen LogP contribution in [-0.4, -0.2) is 65.2 Å². The number of aromatic nitrogens is 2. The Kier molecular flexibility index (Phi) is 7.55. The Morgan fingerprint density at radius 1 is 1.19 bits per heavy atom. The molecular formula is C24H30N4O3S. The summed E-state index contributed by atoms with van der Waals surface area (Å²) in [5.74, 6) is 2.63. The molecule has 1 aliphatic heterocycles. The fraction of sp³-hybridized carbons (Fsp3) is 0.458. The van der Waals surface area contributed by atoms with Crippen LogP contribution in [0.3, 0.4) is 0 Å². The molecule has 4 rings (SSSR count). The lowest BCUT2D eigenvalue weighted by Gasteiger charge is -2.34. The predicted octanol–water partition coefficient (Wildman–Crippen LogP) is 4.22. The summed E-state index contributed by atoms with van der Waals surface area (Å²) in [6.07, 6.45) is 1.72. The van der Waals surface area contributed by atoms with E-state index in [1.807, 2.05) is 46.7 Å². The zero-order valence-corrected chi connectivity index (χ0v) is 19.5. The number of hydrogen-bond acceptors (Lipinski definition) is 7. The van der Waals surface area contributed by atoms with Crippen molar-refractivity contribution in [3.8, 4) is 16.5 Å². The van der Waals surface area contributed by atoms with Crippen LogP contribution < -0.4 is 4.74 Å².